The van der Waals surface area contributed by atoms with Crippen molar-refractivity contribution in [3.63, 3.8) is 0 Å². The second-order valence-corrected chi connectivity index (χ2v) is 4.43. The number of rotatable bonds is 5. The predicted octanol–water partition coefficient (Wildman–Crippen LogP) is 1.57. The molecule has 3 N–H and O–H groups in total. The molecule has 1 amide bonds. The molecule has 0 aliphatic heterocycles. The number of nitrogen functional groups attached to an aromatic ring is 1. The standard InChI is InChI=1S/C14H20N2O3/c1-4-5-19-12(17)8-16-14(18)11-6-9(2)13(15)10(3)7-11/h6-7H,4-5,8,15H2,1-3H3,(H,16,18). The van der Waals surface area contributed by atoms with Gasteiger partial charge >= 0.3 is 5.97 Å². The van der Waals surface area contributed by atoms with Crippen LogP contribution in [0.2, 0.25) is 0 Å². The Morgan fingerprint density at radius 2 is 1.84 bits per heavy atom. The van der Waals surface area contributed by atoms with E-state index < -0.39 is 5.97 Å². The van der Waals surface area contributed by atoms with Crippen LogP contribution in [0.1, 0.15) is 34.8 Å². The Kier molecular flexibility index (Phi) is 5.36. The minimum absolute atomic E-state index is 0.124. The Balaban J connectivity index is 2.61. The average molecular weight is 264 g/mol. The highest BCUT2D eigenvalue weighted by Gasteiger charge is 2.11. The van der Waals surface area contributed by atoms with E-state index in [2.05, 4.69) is 5.32 Å². The number of nitrogens with one attached hydrogen (secondary N) is 1. The van der Waals surface area contributed by atoms with Gasteiger partial charge in [-0.25, -0.2) is 0 Å². The van der Waals surface area contributed by atoms with Crippen molar-refractivity contribution in [2.45, 2.75) is 27.2 Å². The van der Waals surface area contributed by atoms with E-state index >= 15 is 0 Å². The van der Waals surface area contributed by atoms with Gasteiger partial charge in [-0.3, -0.25) is 9.59 Å². The van der Waals surface area contributed by atoms with Gasteiger partial charge in [0.15, 0.2) is 0 Å². The molecule has 5 nitrogen and oxygen atoms in total. The van der Waals surface area contributed by atoms with Gasteiger partial charge in [0, 0.05) is 11.3 Å². The number of carbonyl (C=O) groups excluding carboxylic acids is 2. The molecule has 0 aliphatic carbocycles. The molecule has 0 atom stereocenters. The molecule has 1 aromatic rings. The first-order valence-electron chi connectivity index (χ1n) is 6.26. The van der Waals surface area contributed by atoms with Crippen molar-refractivity contribution in [1.82, 2.24) is 5.32 Å². The number of carbonyl (C=O) groups is 2. The minimum Gasteiger partial charge on any atom is -0.464 e. The van der Waals surface area contributed by atoms with E-state index in [0.29, 0.717) is 17.9 Å². The van der Waals surface area contributed by atoms with Crippen LogP contribution in [0.5, 0.6) is 0 Å². The Morgan fingerprint density at radius 3 is 2.37 bits per heavy atom. The monoisotopic (exact) mass is 264 g/mol. The van der Waals surface area contributed by atoms with Gasteiger partial charge in [0.2, 0.25) is 0 Å². The summed E-state index contributed by atoms with van der Waals surface area (Å²) in [7, 11) is 0. The van der Waals surface area contributed by atoms with E-state index in [1.165, 1.54) is 0 Å². The van der Waals surface area contributed by atoms with Crippen LogP contribution in [0, 0.1) is 13.8 Å². The minimum atomic E-state index is -0.431. The highest BCUT2D eigenvalue weighted by molar-refractivity contribution is 5.96. The summed E-state index contributed by atoms with van der Waals surface area (Å²) in [6, 6.07) is 3.41. The van der Waals surface area contributed by atoms with Crippen molar-refractivity contribution in [1.29, 1.82) is 0 Å². The maximum absolute atomic E-state index is 11.9. The number of nitrogens with two attached hydrogens (primary N) is 1. The van der Waals surface area contributed by atoms with Crippen LogP contribution in [-0.2, 0) is 9.53 Å². The maximum Gasteiger partial charge on any atom is 0.325 e. The predicted molar refractivity (Wildman–Crippen MR) is 73.9 cm³/mol. The molecule has 0 saturated carbocycles. The van der Waals surface area contributed by atoms with E-state index in [-0.39, 0.29) is 12.5 Å². The first kappa shape index (κ1) is 15.0. The zero-order valence-electron chi connectivity index (χ0n) is 11.6. The van der Waals surface area contributed by atoms with Crippen LogP contribution < -0.4 is 11.1 Å². The van der Waals surface area contributed by atoms with Crippen molar-refractivity contribution in [3.8, 4) is 0 Å². The van der Waals surface area contributed by atoms with Crippen molar-refractivity contribution in [2.75, 3.05) is 18.9 Å². The molecular weight excluding hydrogens is 244 g/mol. The fraction of sp³-hybridized carbons (Fsp3) is 0.429. The number of amides is 1. The average Bonchev–Trinajstić information content (AvgIpc) is 2.39. The number of aryl methyl sites for hydroxylation is 2. The van der Waals surface area contributed by atoms with E-state index in [9.17, 15) is 9.59 Å². The van der Waals surface area contributed by atoms with Gasteiger partial charge in [-0.1, -0.05) is 6.92 Å². The molecular formula is C14H20N2O3. The molecule has 19 heavy (non-hydrogen) atoms. The molecule has 0 fully saturated rings. The number of hydrogen-bond donors (Lipinski definition) is 2. The summed E-state index contributed by atoms with van der Waals surface area (Å²) in [5, 5.41) is 2.53. The van der Waals surface area contributed by atoms with Crippen LogP contribution in [0.15, 0.2) is 12.1 Å². The molecule has 5 heteroatoms. The number of hydrogen-bond acceptors (Lipinski definition) is 4. The summed E-state index contributed by atoms with van der Waals surface area (Å²) in [4.78, 5) is 23.1. The largest absolute Gasteiger partial charge is 0.464 e. The van der Waals surface area contributed by atoms with E-state index in [1.54, 1.807) is 12.1 Å². The van der Waals surface area contributed by atoms with Crippen molar-refractivity contribution in [2.24, 2.45) is 0 Å². The molecule has 0 bridgehead atoms. The van der Waals surface area contributed by atoms with Gasteiger partial charge in [-0.15, -0.1) is 0 Å². The van der Waals surface area contributed by atoms with Crippen LogP contribution in [-0.4, -0.2) is 25.0 Å². The van der Waals surface area contributed by atoms with Gasteiger partial charge in [-0.2, -0.15) is 0 Å². The summed E-state index contributed by atoms with van der Waals surface area (Å²) < 4.78 is 4.87. The molecule has 0 aromatic heterocycles. The first-order chi connectivity index (χ1) is 8.95. The Hall–Kier alpha value is -2.04. The first-order valence-corrected chi connectivity index (χ1v) is 6.26. The van der Waals surface area contributed by atoms with Gasteiger partial charge in [0.1, 0.15) is 6.54 Å². The second kappa shape index (κ2) is 6.78. The number of ether oxygens (including phenoxy) is 1. The molecule has 1 aromatic carbocycles. The van der Waals surface area contributed by atoms with E-state index in [4.69, 9.17) is 10.5 Å². The fourth-order valence-electron chi connectivity index (χ4n) is 1.63. The molecule has 0 unspecified atom stereocenters. The van der Waals surface area contributed by atoms with E-state index in [0.717, 1.165) is 17.5 Å². The topological polar surface area (TPSA) is 81.4 Å². The molecule has 0 aliphatic rings. The number of anilines is 1. The number of esters is 1. The molecule has 0 radical (unpaired) electrons. The smallest absolute Gasteiger partial charge is 0.325 e. The lowest BCUT2D eigenvalue weighted by atomic mass is 10.0. The molecule has 0 saturated heterocycles. The molecule has 0 spiro atoms. The summed E-state index contributed by atoms with van der Waals surface area (Å²) in [5.41, 5.74) is 8.69. The Bertz CT molecular complexity index is 461. The Morgan fingerprint density at radius 1 is 1.26 bits per heavy atom. The lowest BCUT2D eigenvalue weighted by Crippen LogP contribution is -2.30. The SMILES string of the molecule is CCCOC(=O)CNC(=O)c1cc(C)c(N)c(C)c1. The lowest BCUT2D eigenvalue weighted by molar-refractivity contribution is -0.142. The quantitative estimate of drug-likeness (QED) is 0.624. The van der Waals surface area contributed by atoms with Crippen LogP contribution in [0.4, 0.5) is 5.69 Å². The zero-order chi connectivity index (χ0) is 14.4. The molecule has 1 rings (SSSR count). The van der Waals surface area contributed by atoms with Crippen LogP contribution >= 0.6 is 0 Å². The third-order valence-electron chi connectivity index (χ3n) is 2.72. The summed E-state index contributed by atoms with van der Waals surface area (Å²) in [6.07, 6.45) is 0.760. The van der Waals surface area contributed by atoms with Crippen LogP contribution in [0.3, 0.4) is 0 Å². The van der Waals surface area contributed by atoms with Crippen molar-refractivity contribution in [3.05, 3.63) is 28.8 Å². The normalized spacial score (nSPS) is 10.1. The Labute approximate surface area is 113 Å². The fourth-order valence-corrected chi connectivity index (χ4v) is 1.63. The van der Waals surface area contributed by atoms with Crippen molar-refractivity contribution >= 4 is 17.6 Å². The van der Waals surface area contributed by atoms with Gasteiger partial charge < -0.3 is 15.8 Å². The summed E-state index contributed by atoms with van der Waals surface area (Å²) in [6.45, 7) is 5.84. The highest BCUT2D eigenvalue weighted by Crippen LogP contribution is 2.18. The molecule has 0 heterocycles. The zero-order valence-corrected chi connectivity index (χ0v) is 11.6. The summed E-state index contributed by atoms with van der Waals surface area (Å²) >= 11 is 0. The third-order valence-corrected chi connectivity index (χ3v) is 2.72. The lowest BCUT2D eigenvalue weighted by Gasteiger charge is -2.09. The van der Waals surface area contributed by atoms with Gasteiger partial charge in [0.05, 0.1) is 6.61 Å². The van der Waals surface area contributed by atoms with Crippen LogP contribution in [0.25, 0.3) is 0 Å². The maximum atomic E-state index is 11.9. The van der Waals surface area contributed by atoms with E-state index in [1.807, 2.05) is 20.8 Å². The third kappa shape index (κ3) is 4.28. The van der Waals surface area contributed by atoms with Gasteiger partial charge in [-0.05, 0) is 43.5 Å². The summed E-state index contributed by atoms with van der Waals surface area (Å²) in [5.74, 6) is -0.737. The second-order valence-electron chi connectivity index (χ2n) is 4.43. The number of benzene rings is 1. The van der Waals surface area contributed by atoms with Gasteiger partial charge in [0.25, 0.3) is 5.91 Å². The molecule has 104 valence electrons. The highest BCUT2D eigenvalue weighted by atomic mass is 16.5. The van der Waals surface area contributed by atoms with Crippen molar-refractivity contribution < 1.29 is 14.3 Å².